The largest absolute Gasteiger partial charge is 0.480 e. The molecule has 3 N–H and O–H groups in total. The molecule has 0 heterocycles. The smallest absolute Gasteiger partial charge is 0.407 e. The van der Waals surface area contributed by atoms with E-state index in [1.165, 1.54) is 0 Å². The summed E-state index contributed by atoms with van der Waals surface area (Å²) in [5, 5.41) is 15.5. The Bertz CT molecular complexity index is 604. The Morgan fingerprint density at radius 3 is 2.15 bits per heavy atom. The van der Waals surface area contributed by atoms with Crippen molar-refractivity contribution in [3.05, 3.63) is 35.9 Å². The Kier molecular flexibility index (Phi) is 7.66. The van der Waals surface area contributed by atoms with E-state index in [1.54, 1.807) is 0 Å². The van der Waals surface area contributed by atoms with Crippen molar-refractivity contribution in [1.29, 1.82) is 0 Å². The quantitative estimate of drug-likeness (QED) is 0.675. The van der Waals surface area contributed by atoms with Gasteiger partial charge in [0.1, 0.15) is 11.6 Å². The molecule has 0 aromatic heterocycles. The van der Waals surface area contributed by atoms with Crippen LogP contribution < -0.4 is 10.6 Å². The van der Waals surface area contributed by atoms with E-state index in [9.17, 15) is 14.7 Å². The Morgan fingerprint density at radius 1 is 1.07 bits per heavy atom. The summed E-state index contributed by atoms with van der Waals surface area (Å²) < 4.78 is 5.26. The highest BCUT2D eigenvalue weighted by atomic mass is 16.6. The molecule has 0 radical (unpaired) electrons. The molecule has 0 saturated heterocycles. The maximum Gasteiger partial charge on any atom is 0.407 e. The number of carbonyl (C=O) groups excluding carboxylic acids is 1. The highest BCUT2D eigenvalue weighted by molar-refractivity contribution is 5.75. The standard InChI is InChI=1S/C21H32N2O4/c1-21(2,3)27-20(26)23-14-16-11-9-15(10-12-16)13-22-18(19(24)25)17-7-5-4-6-8-17/h4-8,15-16,18,22H,9-14H2,1-3H3,(H,23,26)(H,24,25). The highest BCUT2D eigenvalue weighted by Gasteiger charge is 2.25. The summed E-state index contributed by atoms with van der Waals surface area (Å²) in [6.07, 6.45) is 3.78. The molecule has 0 aliphatic heterocycles. The number of nitrogens with one attached hydrogen (secondary N) is 2. The first-order chi connectivity index (χ1) is 12.7. The molecular weight excluding hydrogens is 344 g/mol. The fourth-order valence-corrected chi connectivity index (χ4v) is 3.46. The van der Waals surface area contributed by atoms with Crippen LogP contribution in [0, 0.1) is 11.8 Å². The van der Waals surface area contributed by atoms with Gasteiger partial charge < -0.3 is 20.5 Å². The molecule has 1 fully saturated rings. The molecule has 1 saturated carbocycles. The molecule has 1 unspecified atom stereocenters. The fourth-order valence-electron chi connectivity index (χ4n) is 3.46. The number of hydrogen-bond acceptors (Lipinski definition) is 4. The van der Waals surface area contributed by atoms with Crippen molar-refractivity contribution in [2.24, 2.45) is 11.8 Å². The van der Waals surface area contributed by atoms with E-state index in [1.807, 2.05) is 51.1 Å². The zero-order valence-corrected chi connectivity index (χ0v) is 16.5. The SMILES string of the molecule is CC(C)(C)OC(=O)NCC1CCC(CNC(C(=O)O)c2ccccc2)CC1. The number of benzene rings is 1. The van der Waals surface area contributed by atoms with E-state index in [0.29, 0.717) is 24.9 Å². The van der Waals surface area contributed by atoms with Gasteiger partial charge in [0.25, 0.3) is 0 Å². The van der Waals surface area contributed by atoms with Gasteiger partial charge in [-0.15, -0.1) is 0 Å². The third-order valence-electron chi connectivity index (χ3n) is 4.89. The van der Waals surface area contributed by atoms with Gasteiger partial charge in [-0.2, -0.15) is 0 Å². The van der Waals surface area contributed by atoms with Crippen LogP contribution in [0.2, 0.25) is 0 Å². The maximum atomic E-state index is 11.7. The van der Waals surface area contributed by atoms with Gasteiger partial charge in [-0.05, 0) is 70.4 Å². The van der Waals surface area contributed by atoms with Crippen molar-refractivity contribution in [2.75, 3.05) is 13.1 Å². The van der Waals surface area contributed by atoms with Gasteiger partial charge in [0, 0.05) is 6.54 Å². The predicted octanol–water partition coefficient (Wildman–Crippen LogP) is 3.73. The first-order valence-corrected chi connectivity index (χ1v) is 9.72. The van der Waals surface area contributed by atoms with Crippen molar-refractivity contribution >= 4 is 12.1 Å². The molecule has 1 aromatic carbocycles. The van der Waals surface area contributed by atoms with Crippen LogP contribution in [0.3, 0.4) is 0 Å². The van der Waals surface area contributed by atoms with E-state index >= 15 is 0 Å². The number of carboxylic acids is 1. The molecule has 1 aliphatic rings. The summed E-state index contributed by atoms with van der Waals surface area (Å²) in [4.78, 5) is 23.3. The van der Waals surface area contributed by atoms with E-state index in [2.05, 4.69) is 10.6 Å². The lowest BCUT2D eigenvalue weighted by Crippen LogP contribution is -2.37. The van der Waals surface area contributed by atoms with Gasteiger partial charge in [-0.25, -0.2) is 4.79 Å². The monoisotopic (exact) mass is 376 g/mol. The van der Waals surface area contributed by atoms with Gasteiger partial charge in [0.2, 0.25) is 0 Å². The normalized spacial score (nSPS) is 21.3. The molecule has 2 rings (SSSR count). The van der Waals surface area contributed by atoms with E-state index < -0.39 is 17.6 Å². The van der Waals surface area contributed by atoms with Crippen molar-refractivity contribution in [1.82, 2.24) is 10.6 Å². The van der Waals surface area contributed by atoms with Crippen LogP contribution in [0.15, 0.2) is 30.3 Å². The molecule has 1 aliphatic carbocycles. The number of carbonyl (C=O) groups is 2. The van der Waals surface area contributed by atoms with Crippen LogP contribution in [0.5, 0.6) is 0 Å². The summed E-state index contributed by atoms with van der Waals surface area (Å²) in [6, 6.07) is 8.61. The summed E-state index contributed by atoms with van der Waals surface area (Å²) in [5.74, 6) is 0.0722. The van der Waals surface area contributed by atoms with Gasteiger partial charge in [0.05, 0.1) is 0 Å². The van der Waals surface area contributed by atoms with Crippen LogP contribution in [-0.4, -0.2) is 35.9 Å². The summed E-state index contributed by atoms with van der Waals surface area (Å²) >= 11 is 0. The van der Waals surface area contributed by atoms with Crippen LogP contribution >= 0.6 is 0 Å². The minimum absolute atomic E-state index is 0.363. The average molecular weight is 376 g/mol. The second kappa shape index (κ2) is 9.74. The highest BCUT2D eigenvalue weighted by Crippen LogP contribution is 2.28. The Morgan fingerprint density at radius 2 is 1.63 bits per heavy atom. The molecule has 6 heteroatoms. The van der Waals surface area contributed by atoms with Gasteiger partial charge in [-0.1, -0.05) is 30.3 Å². The van der Waals surface area contributed by atoms with Gasteiger partial charge in [-0.3, -0.25) is 4.79 Å². The zero-order chi connectivity index (χ0) is 19.9. The number of carboxylic acid groups (broad SMARTS) is 1. The topological polar surface area (TPSA) is 87.7 Å². The molecule has 0 bridgehead atoms. The first-order valence-electron chi connectivity index (χ1n) is 9.72. The second-order valence-electron chi connectivity index (χ2n) is 8.36. The zero-order valence-electron chi connectivity index (χ0n) is 16.5. The summed E-state index contributed by atoms with van der Waals surface area (Å²) in [7, 11) is 0. The minimum atomic E-state index is -0.851. The summed E-state index contributed by atoms with van der Waals surface area (Å²) in [6.45, 7) is 6.88. The number of hydrogen-bond donors (Lipinski definition) is 3. The number of aliphatic carboxylic acids is 1. The molecule has 1 atom stereocenters. The first kappa shape index (κ1) is 21.2. The molecule has 27 heavy (non-hydrogen) atoms. The van der Waals surface area contributed by atoms with Crippen LogP contribution in [0.4, 0.5) is 4.79 Å². The minimum Gasteiger partial charge on any atom is -0.480 e. The van der Waals surface area contributed by atoms with E-state index in [4.69, 9.17) is 4.74 Å². The van der Waals surface area contributed by atoms with Gasteiger partial charge >= 0.3 is 12.1 Å². The lowest BCUT2D eigenvalue weighted by Gasteiger charge is -2.30. The van der Waals surface area contributed by atoms with Crippen LogP contribution in [-0.2, 0) is 9.53 Å². The van der Waals surface area contributed by atoms with Crippen molar-refractivity contribution in [2.45, 2.75) is 58.1 Å². The Balaban J connectivity index is 1.71. The van der Waals surface area contributed by atoms with Crippen molar-refractivity contribution in [3.8, 4) is 0 Å². The van der Waals surface area contributed by atoms with Crippen LogP contribution in [0.1, 0.15) is 58.1 Å². The lowest BCUT2D eigenvalue weighted by atomic mass is 9.82. The third kappa shape index (κ3) is 7.59. The molecule has 0 spiro atoms. The molecule has 1 aromatic rings. The number of ether oxygens (including phenoxy) is 1. The predicted molar refractivity (Wildman–Crippen MR) is 105 cm³/mol. The second-order valence-corrected chi connectivity index (χ2v) is 8.36. The molecule has 1 amide bonds. The molecular formula is C21H32N2O4. The number of rotatable bonds is 7. The van der Waals surface area contributed by atoms with E-state index in [-0.39, 0.29) is 6.09 Å². The fraction of sp³-hybridized carbons (Fsp3) is 0.619. The van der Waals surface area contributed by atoms with Crippen molar-refractivity contribution in [3.63, 3.8) is 0 Å². The van der Waals surface area contributed by atoms with E-state index in [0.717, 1.165) is 31.2 Å². The van der Waals surface area contributed by atoms with Crippen LogP contribution in [0.25, 0.3) is 0 Å². The Hall–Kier alpha value is -2.08. The maximum absolute atomic E-state index is 11.7. The average Bonchev–Trinajstić information content (AvgIpc) is 2.60. The molecule has 6 nitrogen and oxygen atoms in total. The van der Waals surface area contributed by atoms with Crippen molar-refractivity contribution < 1.29 is 19.4 Å². The molecule has 150 valence electrons. The Labute approximate surface area is 161 Å². The number of alkyl carbamates (subject to hydrolysis) is 1. The lowest BCUT2D eigenvalue weighted by molar-refractivity contribution is -0.139. The number of amides is 1. The summed E-state index contributed by atoms with van der Waals surface area (Å²) in [5.41, 5.74) is 0.299. The van der Waals surface area contributed by atoms with Gasteiger partial charge in [0.15, 0.2) is 0 Å². The third-order valence-corrected chi connectivity index (χ3v) is 4.89.